The van der Waals surface area contributed by atoms with E-state index in [1.807, 2.05) is 0 Å². The minimum Gasteiger partial charge on any atom is -0.508 e. The molecule has 1 fully saturated rings. The molecule has 3 heterocycles. The summed E-state index contributed by atoms with van der Waals surface area (Å²) in [6.45, 7) is -0.757. The number of carbonyl (C=O) groups excluding carboxylic acids is 2. The lowest BCUT2D eigenvalue weighted by atomic mass is 9.69. The van der Waals surface area contributed by atoms with Crippen LogP contribution in [0.3, 0.4) is 0 Å². The lowest BCUT2D eigenvalue weighted by molar-refractivity contribution is -0.277. The first kappa shape index (κ1) is 35.4. The number of benzene rings is 4. The zero-order valence-corrected chi connectivity index (χ0v) is 27.0. The van der Waals surface area contributed by atoms with E-state index in [1.54, 1.807) is 0 Å². The highest BCUT2D eigenvalue weighted by molar-refractivity contribution is 6.11. The van der Waals surface area contributed by atoms with Crippen molar-refractivity contribution >= 4 is 11.6 Å². The number of ketones is 2. The summed E-state index contributed by atoms with van der Waals surface area (Å²) < 4.78 is 23.4. The summed E-state index contributed by atoms with van der Waals surface area (Å²) in [5, 5.41) is 115. The van der Waals surface area contributed by atoms with Crippen molar-refractivity contribution in [2.75, 3.05) is 6.61 Å². The van der Waals surface area contributed by atoms with Gasteiger partial charge in [-0.1, -0.05) is 0 Å². The number of rotatable bonds is 6. The molecule has 4 aromatic rings. The van der Waals surface area contributed by atoms with Crippen LogP contribution < -0.4 is 14.2 Å². The number of ether oxygens (including phenoxy) is 4. The van der Waals surface area contributed by atoms with Gasteiger partial charge < -0.3 is 75.1 Å². The maximum absolute atomic E-state index is 14.7. The Bertz CT molecular complexity index is 2110. The summed E-state index contributed by atoms with van der Waals surface area (Å²) in [6.07, 6.45) is -11.6. The second-order valence-electron chi connectivity index (χ2n) is 12.8. The summed E-state index contributed by atoms with van der Waals surface area (Å²) in [7, 11) is 0. The molecule has 0 aromatic heterocycles. The van der Waals surface area contributed by atoms with E-state index in [-0.39, 0.29) is 39.9 Å². The second kappa shape index (κ2) is 13.2. The molecule has 0 unspecified atom stereocenters. The maximum Gasteiger partial charge on any atom is 0.229 e. The molecule has 9 atom stereocenters. The van der Waals surface area contributed by atoms with Crippen LogP contribution in [0, 0.1) is 11.8 Å². The van der Waals surface area contributed by atoms with Crippen molar-refractivity contribution in [2.24, 2.45) is 11.8 Å². The van der Waals surface area contributed by atoms with Gasteiger partial charge in [-0.25, -0.2) is 0 Å². The predicted molar refractivity (Wildman–Crippen MR) is 174 cm³/mol. The molecule has 0 amide bonds. The highest BCUT2D eigenvalue weighted by atomic mass is 16.7. The molecule has 0 spiro atoms. The SMILES string of the molecule is O=C1c2c(O)cc(O[C@@H]3O[C@H](CO)[C@@H](O)[C@H](O)[C@H]3O)cc2O[C@H](c2ccc(O)cc2O)[C@@H]1[C@@H]1C(=O)c2c(O)cc(O)cc2O[C@H]1c1ccc(O)cc1O. The summed E-state index contributed by atoms with van der Waals surface area (Å²) in [6, 6.07) is 10.6. The number of aliphatic hydroxyl groups excluding tert-OH is 4. The number of phenols is 7. The number of aliphatic hydroxyl groups is 4. The van der Waals surface area contributed by atoms with Crippen LogP contribution in [0.25, 0.3) is 0 Å². The molecular formula is C36H32O17. The number of aromatic hydroxyl groups is 7. The zero-order valence-electron chi connectivity index (χ0n) is 27.0. The molecule has 1 saturated heterocycles. The van der Waals surface area contributed by atoms with Crippen molar-refractivity contribution in [1.82, 2.24) is 0 Å². The van der Waals surface area contributed by atoms with Gasteiger partial charge in [0.15, 0.2) is 11.6 Å². The highest BCUT2D eigenvalue weighted by Crippen LogP contribution is 2.55. The van der Waals surface area contributed by atoms with Crippen LogP contribution in [0.1, 0.15) is 44.1 Å². The van der Waals surface area contributed by atoms with E-state index in [4.69, 9.17) is 18.9 Å². The van der Waals surface area contributed by atoms with E-state index in [2.05, 4.69) is 0 Å². The minimum atomic E-state index is -1.84. The van der Waals surface area contributed by atoms with Gasteiger partial charge >= 0.3 is 0 Å². The molecule has 0 radical (unpaired) electrons. The molecule has 278 valence electrons. The molecule has 11 N–H and O–H groups in total. The Morgan fingerprint density at radius 1 is 0.566 bits per heavy atom. The van der Waals surface area contributed by atoms with Crippen molar-refractivity contribution in [3.63, 3.8) is 0 Å². The van der Waals surface area contributed by atoms with Gasteiger partial charge in [0.25, 0.3) is 0 Å². The molecule has 7 rings (SSSR count). The van der Waals surface area contributed by atoms with Crippen molar-refractivity contribution < 1.29 is 84.7 Å². The Kier molecular flexibility index (Phi) is 8.83. The molecule has 0 bridgehead atoms. The Labute approximate surface area is 297 Å². The van der Waals surface area contributed by atoms with Gasteiger partial charge in [-0.05, 0) is 24.3 Å². The van der Waals surface area contributed by atoms with Gasteiger partial charge in [-0.2, -0.15) is 0 Å². The molecular weight excluding hydrogens is 704 g/mol. The van der Waals surface area contributed by atoms with Crippen LogP contribution in [0.15, 0.2) is 60.7 Å². The Balaban J connectivity index is 1.38. The monoisotopic (exact) mass is 736 g/mol. The summed E-state index contributed by atoms with van der Waals surface area (Å²) in [4.78, 5) is 29.3. The maximum atomic E-state index is 14.7. The topological polar surface area (TPSA) is 294 Å². The van der Waals surface area contributed by atoms with Crippen LogP contribution in [-0.4, -0.2) is 105 Å². The van der Waals surface area contributed by atoms with Crippen LogP contribution in [-0.2, 0) is 4.74 Å². The smallest absolute Gasteiger partial charge is 0.229 e. The summed E-state index contributed by atoms with van der Waals surface area (Å²) in [5.74, 6) is -10.2. The number of phenolic OH excluding ortho intramolecular Hbond substituents is 7. The second-order valence-corrected chi connectivity index (χ2v) is 12.8. The molecule has 3 aliphatic rings. The molecule has 17 nitrogen and oxygen atoms in total. The van der Waals surface area contributed by atoms with Crippen LogP contribution in [0.5, 0.6) is 57.5 Å². The summed E-state index contributed by atoms with van der Waals surface area (Å²) in [5.41, 5.74) is -1.20. The zero-order chi connectivity index (χ0) is 38.0. The molecule has 0 aliphatic carbocycles. The highest BCUT2D eigenvalue weighted by Gasteiger charge is 2.55. The first-order chi connectivity index (χ1) is 25.2. The average Bonchev–Trinajstić information content (AvgIpc) is 3.08. The lowest BCUT2D eigenvalue weighted by Gasteiger charge is -2.42. The number of hydrogen-bond acceptors (Lipinski definition) is 17. The molecule has 3 aliphatic heterocycles. The van der Waals surface area contributed by atoms with Crippen LogP contribution >= 0.6 is 0 Å². The predicted octanol–water partition coefficient (Wildman–Crippen LogP) is 1.37. The first-order valence-corrected chi connectivity index (χ1v) is 16.0. The van der Waals surface area contributed by atoms with Crippen molar-refractivity contribution in [3.8, 4) is 57.5 Å². The lowest BCUT2D eigenvalue weighted by Crippen LogP contribution is -2.60. The van der Waals surface area contributed by atoms with E-state index in [0.29, 0.717) is 0 Å². The fraction of sp³-hybridized carbons (Fsp3) is 0.278. The van der Waals surface area contributed by atoms with Gasteiger partial charge in [0.2, 0.25) is 6.29 Å². The van der Waals surface area contributed by atoms with Gasteiger partial charge in [0.05, 0.1) is 18.4 Å². The van der Waals surface area contributed by atoms with E-state index in [1.165, 1.54) is 18.2 Å². The summed E-state index contributed by atoms with van der Waals surface area (Å²) >= 11 is 0. The van der Waals surface area contributed by atoms with Crippen molar-refractivity contribution in [3.05, 3.63) is 82.9 Å². The van der Waals surface area contributed by atoms with E-state index >= 15 is 0 Å². The number of hydrogen-bond donors (Lipinski definition) is 11. The van der Waals surface area contributed by atoms with Gasteiger partial charge in [-0.15, -0.1) is 0 Å². The van der Waals surface area contributed by atoms with Crippen LogP contribution in [0.2, 0.25) is 0 Å². The fourth-order valence-electron chi connectivity index (χ4n) is 7.00. The van der Waals surface area contributed by atoms with Gasteiger partial charge in [0, 0.05) is 47.5 Å². The van der Waals surface area contributed by atoms with Crippen molar-refractivity contribution in [2.45, 2.75) is 42.9 Å². The third-order valence-electron chi connectivity index (χ3n) is 9.51. The first-order valence-electron chi connectivity index (χ1n) is 16.0. The Hall–Kier alpha value is -5.98. The average molecular weight is 737 g/mol. The van der Waals surface area contributed by atoms with Crippen molar-refractivity contribution in [1.29, 1.82) is 0 Å². The third kappa shape index (κ3) is 5.99. The Morgan fingerprint density at radius 2 is 1.06 bits per heavy atom. The quantitative estimate of drug-likeness (QED) is 0.133. The number of fused-ring (bicyclic) bond motifs is 2. The van der Waals surface area contributed by atoms with E-state index in [0.717, 1.165) is 42.5 Å². The molecule has 17 heteroatoms. The Morgan fingerprint density at radius 3 is 1.57 bits per heavy atom. The molecule has 53 heavy (non-hydrogen) atoms. The molecule has 0 saturated carbocycles. The molecule has 4 aromatic carbocycles. The van der Waals surface area contributed by atoms with Crippen LogP contribution in [0.4, 0.5) is 0 Å². The minimum absolute atomic E-state index is 0.116. The van der Waals surface area contributed by atoms with E-state index < -0.39 is 113 Å². The fourth-order valence-corrected chi connectivity index (χ4v) is 7.00. The standard InChI is InChI=1S/C36H32O17/c37-11-24-29(45)32(48)33(49)36(53-24)50-15-9-21(44)26-23(10-15)52-35(17-4-2-13(39)6-19(17)42)28(31(26)47)27-30(46)25-20(43)7-14(40)8-22(25)51-34(27)16-3-1-12(38)5-18(16)41/h1-10,24,27-29,32-45,48-49H,11H2/t24-,27-,28-,29-,32+,33-,34+,35-,36-/m1/s1. The van der Waals surface area contributed by atoms with Gasteiger partial charge in [-0.3, -0.25) is 9.59 Å². The number of Topliss-reactive ketones (excluding diaryl/α,β-unsaturated/α-hetero) is 2. The normalized spacial score (nSPS) is 28.0. The number of carbonyl (C=O) groups is 2. The van der Waals surface area contributed by atoms with Gasteiger partial charge in [0.1, 0.15) is 105 Å². The largest absolute Gasteiger partial charge is 0.508 e. The van der Waals surface area contributed by atoms with E-state index in [9.17, 15) is 65.8 Å². The third-order valence-corrected chi connectivity index (χ3v) is 9.51.